The van der Waals surface area contributed by atoms with Crippen molar-refractivity contribution in [3.05, 3.63) is 82.0 Å². The monoisotopic (exact) mass is 415 g/mol. The maximum absolute atomic E-state index is 6.20. The summed E-state index contributed by atoms with van der Waals surface area (Å²) in [4.78, 5) is 4.15. The first kappa shape index (κ1) is 20.0. The van der Waals surface area contributed by atoms with Crippen LogP contribution in [0.1, 0.15) is 18.1 Å². The highest BCUT2D eigenvalue weighted by atomic mass is 35.5. The van der Waals surface area contributed by atoms with Crippen LogP contribution in [0.4, 0.5) is 5.82 Å². The van der Waals surface area contributed by atoms with Gasteiger partial charge in [-0.15, -0.1) is 0 Å². The summed E-state index contributed by atoms with van der Waals surface area (Å²) < 4.78 is 11.6. The molecule has 144 valence electrons. The fraction of sp³-hybridized carbons (Fsp3) is 0.143. The predicted molar refractivity (Wildman–Crippen MR) is 114 cm³/mol. The second-order valence-electron chi connectivity index (χ2n) is 5.75. The number of nitrogens with one attached hydrogen (secondary N) is 1. The van der Waals surface area contributed by atoms with Crippen LogP contribution in [0.3, 0.4) is 0 Å². The highest BCUT2D eigenvalue weighted by molar-refractivity contribution is 6.35. The van der Waals surface area contributed by atoms with E-state index in [1.807, 2.05) is 49.4 Å². The summed E-state index contributed by atoms with van der Waals surface area (Å²) in [7, 11) is 0. The molecule has 0 aliphatic rings. The van der Waals surface area contributed by atoms with Gasteiger partial charge in [-0.2, -0.15) is 5.10 Å². The van der Waals surface area contributed by atoms with Crippen LogP contribution in [-0.4, -0.2) is 17.8 Å². The Morgan fingerprint density at radius 1 is 1.04 bits per heavy atom. The molecule has 0 unspecified atom stereocenters. The highest BCUT2D eigenvalue weighted by Gasteiger charge is 2.08. The van der Waals surface area contributed by atoms with E-state index >= 15 is 0 Å². The number of hydrogen-bond acceptors (Lipinski definition) is 5. The molecule has 1 N–H and O–H groups in total. The molecular formula is C21H19Cl2N3O2. The Bertz CT molecular complexity index is 950. The van der Waals surface area contributed by atoms with Gasteiger partial charge in [0, 0.05) is 21.8 Å². The molecular weight excluding hydrogens is 397 g/mol. The number of aromatic nitrogens is 1. The molecule has 7 heteroatoms. The molecule has 0 spiro atoms. The second kappa shape index (κ2) is 9.97. The van der Waals surface area contributed by atoms with Crippen LogP contribution in [0.2, 0.25) is 10.0 Å². The van der Waals surface area contributed by atoms with E-state index in [0.717, 1.165) is 11.1 Å². The zero-order chi connectivity index (χ0) is 19.8. The van der Waals surface area contributed by atoms with Gasteiger partial charge in [-0.1, -0.05) is 35.3 Å². The SMILES string of the molecule is CCOc1cc(/C=N/Nc2ccccn2)ccc1OCc1ccc(Cl)cc1Cl. The maximum Gasteiger partial charge on any atom is 0.161 e. The van der Waals surface area contributed by atoms with Crippen LogP contribution >= 0.6 is 23.2 Å². The van der Waals surface area contributed by atoms with Gasteiger partial charge in [-0.25, -0.2) is 4.98 Å². The molecule has 28 heavy (non-hydrogen) atoms. The van der Waals surface area contributed by atoms with Crippen molar-refractivity contribution >= 4 is 35.2 Å². The zero-order valence-electron chi connectivity index (χ0n) is 15.2. The van der Waals surface area contributed by atoms with Crippen molar-refractivity contribution in [2.24, 2.45) is 5.10 Å². The van der Waals surface area contributed by atoms with Gasteiger partial charge in [-0.05, 0) is 55.0 Å². The first-order valence-corrected chi connectivity index (χ1v) is 9.45. The van der Waals surface area contributed by atoms with E-state index in [4.69, 9.17) is 32.7 Å². The van der Waals surface area contributed by atoms with E-state index in [-0.39, 0.29) is 0 Å². The topological polar surface area (TPSA) is 55.7 Å². The molecule has 3 aromatic rings. The smallest absolute Gasteiger partial charge is 0.161 e. The minimum Gasteiger partial charge on any atom is -0.490 e. The van der Waals surface area contributed by atoms with Gasteiger partial charge in [0.15, 0.2) is 11.5 Å². The van der Waals surface area contributed by atoms with Gasteiger partial charge >= 0.3 is 0 Å². The Morgan fingerprint density at radius 2 is 1.93 bits per heavy atom. The first-order valence-electron chi connectivity index (χ1n) is 8.69. The number of pyridine rings is 1. The first-order chi connectivity index (χ1) is 13.7. The van der Waals surface area contributed by atoms with Crippen molar-refractivity contribution in [1.29, 1.82) is 0 Å². The lowest BCUT2D eigenvalue weighted by Gasteiger charge is -2.13. The molecule has 0 aliphatic heterocycles. The molecule has 0 atom stereocenters. The lowest BCUT2D eigenvalue weighted by molar-refractivity contribution is 0.269. The number of anilines is 1. The fourth-order valence-corrected chi connectivity index (χ4v) is 2.85. The molecule has 5 nitrogen and oxygen atoms in total. The Kier molecular flexibility index (Phi) is 7.12. The minimum atomic E-state index is 0.310. The number of hydrogen-bond donors (Lipinski definition) is 1. The largest absolute Gasteiger partial charge is 0.490 e. The van der Waals surface area contributed by atoms with Crippen LogP contribution in [-0.2, 0) is 6.61 Å². The molecule has 1 heterocycles. The number of ether oxygens (including phenoxy) is 2. The van der Waals surface area contributed by atoms with Gasteiger partial charge in [0.2, 0.25) is 0 Å². The Hall–Kier alpha value is -2.76. The van der Waals surface area contributed by atoms with Crippen molar-refractivity contribution in [3.63, 3.8) is 0 Å². The van der Waals surface area contributed by atoms with E-state index in [9.17, 15) is 0 Å². The molecule has 0 saturated heterocycles. The van der Waals surface area contributed by atoms with Gasteiger partial charge in [0.25, 0.3) is 0 Å². The second-order valence-corrected chi connectivity index (χ2v) is 6.59. The summed E-state index contributed by atoms with van der Waals surface area (Å²) in [5.74, 6) is 1.93. The van der Waals surface area contributed by atoms with Crippen molar-refractivity contribution in [2.45, 2.75) is 13.5 Å². The summed E-state index contributed by atoms with van der Waals surface area (Å²) in [5.41, 5.74) is 4.59. The zero-order valence-corrected chi connectivity index (χ0v) is 16.7. The van der Waals surface area contributed by atoms with Crippen molar-refractivity contribution < 1.29 is 9.47 Å². The van der Waals surface area contributed by atoms with E-state index in [2.05, 4.69) is 15.5 Å². The van der Waals surface area contributed by atoms with Crippen LogP contribution in [0.5, 0.6) is 11.5 Å². The van der Waals surface area contributed by atoms with Crippen molar-refractivity contribution in [3.8, 4) is 11.5 Å². The third-order valence-corrected chi connectivity index (χ3v) is 4.31. The molecule has 0 amide bonds. The number of rotatable bonds is 8. The van der Waals surface area contributed by atoms with Crippen LogP contribution in [0, 0.1) is 0 Å². The quantitative estimate of drug-likeness (QED) is 0.372. The molecule has 0 aliphatic carbocycles. The number of benzene rings is 2. The third kappa shape index (κ3) is 5.62. The van der Waals surface area contributed by atoms with E-state index in [0.29, 0.717) is 40.6 Å². The van der Waals surface area contributed by atoms with Crippen molar-refractivity contribution in [2.75, 3.05) is 12.0 Å². The minimum absolute atomic E-state index is 0.310. The summed E-state index contributed by atoms with van der Waals surface area (Å²) >= 11 is 12.1. The van der Waals surface area contributed by atoms with E-state index in [1.165, 1.54) is 0 Å². The lowest BCUT2D eigenvalue weighted by Crippen LogP contribution is -2.01. The summed E-state index contributed by atoms with van der Waals surface area (Å²) in [6, 6.07) is 16.5. The van der Waals surface area contributed by atoms with Gasteiger partial charge < -0.3 is 9.47 Å². The lowest BCUT2D eigenvalue weighted by atomic mass is 10.2. The molecule has 0 fully saturated rings. The number of nitrogens with zero attached hydrogens (tertiary/aromatic N) is 2. The highest BCUT2D eigenvalue weighted by Crippen LogP contribution is 2.30. The third-order valence-electron chi connectivity index (χ3n) is 3.72. The van der Waals surface area contributed by atoms with Crippen LogP contribution < -0.4 is 14.9 Å². The van der Waals surface area contributed by atoms with Gasteiger partial charge in [0.1, 0.15) is 12.4 Å². The molecule has 0 bridgehead atoms. The van der Waals surface area contributed by atoms with Crippen LogP contribution in [0.15, 0.2) is 65.9 Å². The van der Waals surface area contributed by atoms with Gasteiger partial charge in [-0.3, -0.25) is 5.43 Å². The summed E-state index contributed by atoms with van der Waals surface area (Å²) in [5, 5.41) is 5.35. The Balaban J connectivity index is 1.69. The number of hydrazone groups is 1. The summed E-state index contributed by atoms with van der Waals surface area (Å²) in [6.07, 6.45) is 3.39. The van der Waals surface area contributed by atoms with E-state index in [1.54, 1.807) is 24.5 Å². The maximum atomic E-state index is 6.20. The fourth-order valence-electron chi connectivity index (χ4n) is 2.39. The molecule has 0 saturated carbocycles. The average molecular weight is 416 g/mol. The van der Waals surface area contributed by atoms with Gasteiger partial charge in [0.05, 0.1) is 12.8 Å². The normalized spacial score (nSPS) is 10.8. The van der Waals surface area contributed by atoms with Crippen LogP contribution in [0.25, 0.3) is 0 Å². The molecule has 1 aromatic heterocycles. The average Bonchev–Trinajstić information content (AvgIpc) is 2.69. The van der Waals surface area contributed by atoms with E-state index < -0.39 is 0 Å². The molecule has 0 radical (unpaired) electrons. The molecule has 3 rings (SSSR count). The summed E-state index contributed by atoms with van der Waals surface area (Å²) in [6.45, 7) is 2.75. The van der Waals surface area contributed by atoms with Crippen molar-refractivity contribution in [1.82, 2.24) is 4.98 Å². The predicted octanol–water partition coefficient (Wildman–Crippen LogP) is 5.81. The molecule has 2 aromatic carbocycles. The standard InChI is InChI=1S/C21H19Cl2N3O2/c1-2-27-20-11-15(13-25-26-21-5-3-4-10-24-21)6-9-19(20)28-14-16-7-8-17(22)12-18(16)23/h3-13H,2,14H2,1H3,(H,24,26)/b25-13+. The Morgan fingerprint density at radius 3 is 2.68 bits per heavy atom. The Labute approximate surface area is 173 Å². The number of halogens is 2.